The fraction of sp³-hybridized carbons (Fsp3) is 0.536. The van der Waals surface area contributed by atoms with Crippen LogP contribution >= 0.6 is 0 Å². The molecule has 2 atom stereocenters. The van der Waals surface area contributed by atoms with E-state index in [1.165, 1.54) is 42.9 Å². The second kappa shape index (κ2) is 9.11. The van der Waals surface area contributed by atoms with E-state index in [9.17, 15) is 18.0 Å². The highest BCUT2D eigenvalue weighted by Gasteiger charge is 2.36. The summed E-state index contributed by atoms with van der Waals surface area (Å²) in [4.78, 5) is 34.7. The smallest absolute Gasteiger partial charge is 0.255 e. The predicted molar refractivity (Wildman–Crippen MR) is 141 cm³/mol. The van der Waals surface area contributed by atoms with Crippen molar-refractivity contribution in [3.8, 4) is 0 Å². The zero-order valence-electron chi connectivity index (χ0n) is 21.4. The van der Waals surface area contributed by atoms with Crippen LogP contribution < -0.4 is 10.2 Å². The topological polar surface area (TPSA) is 99.7 Å². The van der Waals surface area contributed by atoms with Crippen LogP contribution in [-0.4, -0.2) is 69.1 Å². The Bertz CT molecular complexity index is 1360. The van der Waals surface area contributed by atoms with Crippen molar-refractivity contribution >= 4 is 27.5 Å². The van der Waals surface area contributed by atoms with E-state index in [0.717, 1.165) is 12.1 Å². The summed E-state index contributed by atoms with van der Waals surface area (Å²) in [5.74, 6) is 1.58. The number of carbonyl (C=O) groups is 2. The Hall–Kier alpha value is -2.94. The summed E-state index contributed by atoms with van der Waals surface area (Å²) in [6.07, 6.45) is 8.10. The van der Waals surface area contributed by atoms with Gasteiger partial charge in [-0.15, -0.1) is 0 Å². The van der Waals surface area contributed by atoms with Crippen LogP contribution in [-0.2, 0) is 14.6 Å². The number of anilines is 1. The molecule has 6 rings (SSSR count). The molecule has 37 heavy (non-hydrogen) atoms. The normalized spacial score (nSPS) is 24.3. The third kappa shape index (κ3) is 4.74. The highest BCUT2D eigenvalue weighted by molar-refractivity contribution is 7.90. The number of hydrogen-bond acceptors (Lipinski definition) is 6. The van der Waals surface area contributed by atoms with Crippen molar-refractivity contribution in [3.05, 3.63) is 52.7 Å². The van der Waals surface area contributed by atoms with Crippen LogP contribution in [0.3, 0.4) is 0 Å². The molecule has 0 bridgehead atoms. The predicted octanol–water partition coefficient (Wildman–Crippen LogP) is 3.05. The van der Waals surface area contributed by atoms with Crippen molar-refractivity contribution in [1.29, 1.82) is 0 Å². The molecule has 4 aliphatic rings. The summed E-state index contributed by atoms with van der Waals surface area (Å²) < 4.78 is 25.4. The number of nitrogens with zero attached hydrogens (tertiary/aromatic N) is 3. The van der Waals surface area contributed by atoms with Crippen LogP contribution in [0, 0.1) is 5.92 Å². The molecular weight excluding hydrogens is 488 g/mol. The molecule has 1 aromatic heterocycles. The quantitative estimate of drug-likeness (QED) is 0.626. The van der Waals surface area contributed by atoms with E-state index in [1.54, 1.807) is 17.0 Å². The lowest BCUT2D eigenvalue weighted by atomic mass is 9.89. The fourth-order valence-electron chi connectivity index (χ4n) is 5.83. The van der Waals surface area contributed by atoms with Crippen molar-refractivity contribution in [2.75, 3.05) is 43.9 Å². The zero-order chi connectivity index (χ0) is 25.9. The summed E-state index contributed by atoms with van der Waals surface area (Å²) in [5.41, 5.74) is 3.53. The van der Waals surface area contributed by atoms with E-state index in [0.29, 0.717) is 50.1 Å². The molecule has 4 fully saturated rings. The third-order valence-electron chi connectivity index (χ3n) is 8.29. The molecular formula is C28H34N4O4S. The first kappa shape index (κ1) is 24.4. The first-order chi connectivity index (χ1) is 17.7. The minimum Gasteiger partial charge on any atom is -0.355 e. The molecule has 2 aliphatic carbocycles. The van der Waals surface area contributed by atoms with E-state index in [2.05, 4.69) is 16.3 Å². The number of amides is 2. The highest BCUT2D eigenvalue weighted by atomic mass is 32.2. The third-order valence-corrected chi connectivity index (χ3v) is 9.43. The minimum atomic E-state index is -3.67. The van der Waals surface area contributed by atoms with E-state index >= 15 is 0 Å². The van der Waals surface area contributed by atoms with Crippen molar-refractivity contribution in [1.82, 2.24) is 15.2 Å². The first-order valence-corrected chi connectivity index (χ1v) is 15.3. The molecule has 3 heterocycles. The number of carbonyl (C=O) groups excluding carboxylic acids is 2. The lowest BCUT2D eigenvalue weighted by molar-refractivity contribution is -0.120. The Labute approximate surface area is 218 Å². The summed E-state index contributed by atoms with van der Waals surface area (Å²) >= 11 is 0. The van der Waals surface area contributed by atoms with E-state index in [4.69, 9.17) is 4.98 Å². The Morgan fingerprint density at radius 1 is 1.00 bits per heavy atom. The van der Waals surface area contributed by atoms with Gasteiger partial charge in [-0.1, -0.05) is 19.1 Å². The fourth-order valence-corrected chi connectivity index (χ4v) is 6.73. The van der Waals surface area contributed by atoms with Gasteiger partial charge in [0.25, 0.3) is 5.91 Å². The second-order valence-electron chi connectivity index (χ2n) is 11.2. The Kier molecular flexibility index (Phi) is 6.01. The van der Waals surface area contributed by atoms with Crippen molar-refractivity contribution < 1.29 is 18.0 Å². The van der Waals surface area contributed by atoms with Gasteiger partial charge in [0.1, 0.15) is 5.82 Å². The molecule has 8 nitrogen and oxygen atoms in total. The van der Waals surface area contributed by atoms with Crippen molar-refractivity contribution in [3.63, 3.8) is 0 Å². The van der Waals surface area contributed by atoms with Crippen LogP contribution in [0.2, 0.25) is 0 Å². The Morgan fingerprint density at radius 2 is 1.70 bits per heavy atom. The maximum absolute atomic E-state index is 13.5. The van der Waals surface area contributed by atoms with E-state index in [-0.39, 0.29) is 28.2 Å². The maximum atomic E-state index is 13.5. The summed E-state index contributed by atoms with van der Waals surface area (Å²) in [6.45, 7) is 4.85. The molecule has 1 N–H and O–H groups in total. The van der Waals surface area contributed by atoms with E-state index in [1.807, 2.05) is 13.1 Å². The molecule has 1 aromatic carbocycles. The summed E-state index contributed by atoms with van der Waals surface area (Å²) in [7, 11) is -3.67. The average Bonchev–Trinajstić information content (AvgIpc) is 3.81. The van der Waals surface area contributed by atoms with Crippen molar-refractivity contribution in [2.24, 2.45) is 5.92 Å². The number of benzene rings is 1. The molecule has 2 saturated carbocycles. The Balaban J connectivity index is 1.21. The SMILES string of the molecule is CC1CNC(=O)[C@@H]1c1ccc(C(=O)N2CCN(c3ncc(C4CC4)cc3C3CC3)CC2)c(S(C)(=O)=O)c1. The van der Waals surface area contributed by atoms with Crippen LogP contribution in [0.25, 0.3) is 0 Å². The van der Waals surface area contributed by atoms with Gasteiger partial charge in [-0.3, -0.25) is 9.59 Å². The summed E-state index contributed by atoms with van der Waals surface area (Å²) in [5, 5.41) is 2.84. The molecule has 2 aliphatic heterocycles. The first-order valence-electron chi connectivity index (χ1n) is 13.4. The number of pyridine rings is 1. The van der Waals surface area contributed by atoms with Crippen LogP contribution in [0.4, 0.5) is 5.82 Å². The number of aromatic nitrogens is 1. The van der Waals surface area contributed by atoms with Gasteiger partial charge in [0.15, 0.2) is 9.84 Å². The highest BCUT2D eigenvalue weighted by Crippen LogP contribution is 2.47. The molecule has 0 radical (unpaired) electrons. The lowest BCUT2D eigenvalue weighted by Gasteiger charge is -2.36. The lowest BCUT2D eigenvalue weighted by Crippen LogP contribution is -2.49. The Morgan fingerprint density at radius 3 is 2.30 bits per heavy atom. The monoisotopic (exact) mass is 522 g/mol. The van der Waals surface area contributed by atoms with Gasteiger partial charge in [0.05, 0.1) is 16.4 Å². The largest absolute Gasteiger partial charge is 0.355 e. The second-order valence-corrected chi connectivity index (χ2v) is 13.2. The number of rotatable bonds is 6. The number of nitrogens with one attached hydrogen (secondary N) is 1. The van der Waals surface area contributed by atoms with Crippen molar-refractivity contribution in [2.45, 2.75) is 55.3 Å². The van der Waals surface area contributed by atoms with Gasteiger partial charge >= 0.3 is 0 Å². The van der Waals surface area contributed by atoms with Gasteiger partial charge in [0, 0.05) is 45.2 Å². The zero-order valence-corrected chi connectivity index (χ0v) is 22.3. The molecule has 2 amide bonds. The molecule has 1 unspecified atom stereocenters. The van der Waals surface area contributed by atoms with Gasteiger partial charge < -0.3 is 15.1 Å². The minimum absolute atomic E-state index is 0.00215. The van der Waals surface area contributed by atoms with Gasteiger partial charge in [0.2, 0.25) is 5.91 Å². The van der Waals surface area contributed by atoms with Crippen LogP contribution in [0.15, 0.2) is 35.4 Å². The standard InChI is InChI=1S/C28H34N4O4S/c1-17-15-30-27(33)25(17)20-7-8-22(24(14-20)37(2,35)36)28(34)32-11-9-31(10-12-32)26-23(19-5-6-19)13-21(16-29-26)18-3-4-18/h7-8,13-14,16-19,25H,3-6,9-12,15H2,1-2H3,(H,30,33)/t17?,25-/m0/s1. The summed E-state index contributed by atoms with van der Waals surface area (Å²) in [6, 6.07) is 7.21. The van der Waals surface area contributed by atoms with Crippen LogP contribution in [0.5, 0.6) is 0 Å². The molecule has 2 saturated heterocycles. The average molecular weight is 523 g/mol. The molecule has 196 valence electrons. The van der Waals surface area contributed by atoms with Gasteiger partial charge in [-0.25, -0.2) is 13.4 Å². The molecule has 0 spiro atoms. The van der Waals surface area contributed by atoms with Gasteiger partial charge in [-0.2, -0.15) is 0 Å². The number of hydrogen-bond donors (Lipinski definition) is 1. The van der Waals surface area contributed by atoms with E-state index < -0.39 is 15.8 Å². The molecule has 9 heteroatoms. The maximum Gasteiger partial charge on any atom is 0.255 e. The number of piperazine rings is 1. The molecule has 2 aromatic rings. The number of sulfone groups is 1. The van der Waals surface area contributed by atoms with Gasteiger partial charge in [-0.05, 0) is 72.3 Å². The van der Waals surface area contributed by atoms with Crippen LogP contribution in [0.1, 0.15) is 77.4 Å².